The Morgan fingerprint density at radius 1 is 1.00 bits per heavy atom. The van der Waals surface area contributed by atoms with E-state index in [1.807, 2.05) is 50.3 Å². The smallest absolute Gasteiger partial charge is 0.775 e. The number of nitrogens with zero attached hydrogens (tertiary/aromatic N) is 2. The summed E-state index contributed by atoms with van der Waals surface area (Å²) in [5, 5.41) is 8.87. The Morgan fingerprint density at radius 3 is 2.35 bits per heavy atom. The van der Waals surface area contributed by atoms with E-state index < -0.39 is 34.9 Å². The quantitative estimate of drug-likeness (QED) is 0.0990. The van der Waals surface area contributed by atoms with Gasteiger partial charge >= 0.3 is 35.5 Å². The van der Waals surface area contributed by atoms with Gasteiger partial charge in [0, 0.05) is 64.9 Å². The van der Waals surface area contributed by atoms with Gasteiger partial charge < -0.3 is 28.9 Å². The number of anilines is 1. The average Bonchev–Trinajstić information content (AvgIpc) is 3.28. The largest absolute Gasteiger partial charge is 1.00 e. The van der Waals surface area contributed by atoms with Crippen LogP contribution >= 0.6 is 7.60 Å². The van der Waals surface area contributed by atoms with Crippen molar-refractivity contribution in [1.29, 1.82) is 0 Å². The van der Waals surface area contributed by atoms with Crippen molar-refractivity contribution >= 4 is 46.1 Å². The van der Waals surface area contributed by atoms with Gasteiger partial charge in [0.2, 0.25) is 5.69 Å². The molecule has 1 atom stereocenters. The molecule has 0 radical (unpaired) electrons. The molecule has 2 heterocycles. The van der Waals surface area contributed by atoms with Crippen LogP contribution in [0, 0.1) is 0 Å². The first kappa shape index (κ1) is 38.4. The first-order valence-electron chi connectivity index (χ1n) is 15.2. The number of para-hydroxylation sites is 1. The molecule has 2 aliphatic rings. The molecule has 2 aromatic rings. The van der Waals surface area contributed by atoms with E-state index in [1.54, 1.807) is 6.07 Å². The number of hydrogen-bond donors (Lipinski definition) is 2. The molecule has 4 rings (SSSR count). The first-order chi connectivity index (χ1) is 20.9. The summed E-state index contributed by atoms with van der Waals surface area (Å²) in [4.78, 5) is 34.9. The molecule has 1 unspecified atom stereocenters. The number of carboxylic acids is 1. The van der Waals surface area contributed by atoms with Crippen LogP contribution in [-0.4, -0.2) is 58.1 Å². The zero-order valence-corrected chi connectivity index (χ0v) is 30.9. The molecule has 13 heteroatoms. The minimum absolute atomic E-state index is 0. The summed E-state index contributed by atoms with van der Waals surface area (Å²) in [5.74, 6) is -1.23. The van der Waals surface area contributed by atoms with Gasteiger partial charge in [-0.15, -0.1) is 0 Å². The molecular weight excluding hydrogens is 638 g/mol. The number of fused-ring (bicyclic) bond motifs is 2. The molecule has 46 heavy (non-hydrogen) atoms. The van der Waals surface area contributed by atoms with Gasteiger partial charge in [-0.2, -0.15) is 4.58 Å². The molecule has 0 spiro atoms. The van der Waals surface area contributed by atoms with E-state index >= 15 is 0 Å². The number of unbranched alkanes of at least 4 members (excludes halogenated alkanes) is 3. The number of rotatable bonds is 14. The number of benzene rings is 2. The minimum Gasteiger partial charge on any atom is -0.775 e. The van der Waals surface area contributed by atoms with Gasteiger partial charge in [0.05, 0.1) is 15.5 Å². The zero-order chi connectivity index (χ0) is 33.2. The fourth-order valence-electron chi connectivity index (χ4n) is 6.46. The van der Waals surface area contributed by atoms with Gasteiger partial charge in [0.1, 0.15) is 6.54 Å². The molecule has 2 N–H and O–H groups in total. The van der Waals surface area contributed by atoms with Crippen LogP contribution in [0.3, 0.4) is 0 Å². The van der Waals surface area contributed by atoms with E-state index in [0.717, 1.165) is 46.8 Å². The second kappa shape index (κ2) is 15.0. The van der Waals surface area contributed by atoms with Crippen LogP contribution in [0.15, 0.2) is 66.4 Å². The molecule has 0 aliphatic carbocycles. The Hall–Kier alpha value is -2.08. The summed E-state index contributed by atoms with van der Waals surface area (Å²) in [6.45, 7) is 9.43. The topological polar surface area (TPSA) is 161 Å². The maximum Gasteiger partial charge on any atom is 1.00 e. The van der Waals surface area contributed by atoms with Crippen LogP contribution in [0.2, 0.25) is 0 Å². The SMILES string of the molecule is CC1(C)C(/C=C/C=C2/N(CCCCCC(=O)O)c3ccc(P(=O)([O-])O)cc3C2(C)C)=[N+](CCCCS(=O)(=O)[O-])c2ccccc21.[Na+]. The van der Waals surface area contributed by atoms with Crippen molar-refractivity contribution < 1.29 is 71.4 Å². The summed E-state index contributed by atoms with van der Waals surface area (Å²) in [7, 11) is -8.99. The Balaban J connectivity index is 0.00000576. The van der Waals surface area contributed by atoms with E-state index in [1.165, 1.54) is 12.1 Å². The summed E-state index contributed by atoms with van der Waals surface area (Å²) in [5.41, 5.74) is 4.79. The molecule has 244 valence electrons. The fraction of sp³-hybridized carbons (Fsp3) is 0.455. The van der Waals surface area contributed by atoms with E-state index in [-0.39, 0.29) is 53.1 Å². The van der Waals surface area contributed by atoms with Gasteiger partial charge in [0.25, 0.3) is 0 Å². The molecule has 0 saturated carbocycles. The van der Waals surface area contributed by atoms with E-state index in [0.29, 0.717) is 25.9 Å². The second-order valence-electron chi connectivity index (χ2n) is 12.8. The van der Waals surface area contributed by atoms with Crippen LogP contribution in [0.5, 0.6) is 0 Å². The molecule has 0 saturated heterocycles. The van der Waals surface area contributed by atoms with Gasteiger partial charge in [-0.1, -0.05) is 44.5 Å². The van der Waals surface area contributed by atoms with Crippen molar-refractivity contribution in [2.24, 2.45) is 0 Å². The van der Waals surface area contributed by atoms with Crippen molar-refractivity contribution in [3.8, 4) is 0 Å². The van der Waals surface area contributed by atoms with Crippen molar-refractivity contribution in [3.05, 3.63) is 77.5 Å². The van der Waals surface area contributed by atoms with E-state index in [4.69, 9.17) is 5.11 Å². The maximum absolute atomic E-state index is 12.0. The minimum atomic E-state index is -4.71. The number of aliphatic carboxylic acids is 1. The second-order valence-corrected chi connectivity index (χ2v) is 15.8. The molecule has 2 aliphatic heterocycles. The standard InChI is InChI=1S/C33H43N2O8PS.Na/c1-32(2)25-13-7-8-14-27(25)34(21-10-11-22-45(41,42)43)29(32)15-12-16-30-33(3,4)26-23-24(44(38,39)40)18-19-28(26)35(30)20-9-5-6-17-31(36)37;/h7-8,12-16,18-19,23H,5-6,9-11,17,20-22H2,1-4H3,(H3-,36,37,38,39,40,41,42,43);/q;+1/p-1. The molecule has 0 aromatic heterocycles. The number of carbonyl (C=O) groups is 1. The van der Waals surface area contributed by atoms with Crippen LogP contribution in [0.4, 0.5) is 11.4 Å². The third-order valence-electron chi connectivity index (χ3n) is 8.81. The predicted molar refractivity (Wildman–Crippen MR) is 173 cm³/mol. The number of carboxylic acid groups (broad SMARTS) is 1. The summed E-state index contributed by atoms with van der Waals surface area (Å²) >= 11 is 0. The normalized spacial score (nSPS) is 18.8. The molecule has 0 amide bonds. The van der Waals surface area contributed by atoms with Crippen LogP contribution < -0.4 is 44.7 Å². The molecule has 2 aromatic carbocycles. The molecule has 0 fully saturated rings. The zero-order valence-electron chi connectivity index (χ0n) is 27.2. The van der Waals surface area contributed by atoms with Gasteiger partial charge in [-0.3, -0.25) is 4.79 Å². The van der Waals surface area contributed by atoms with Gasteiger partial charge in [-0.25, -0.2) is 8.42 Å². The van der Waals surface area contributed by atoms with Gasteiger partial charge in [-0.05, 0) is 62.9 Å². The average molecular weight is 681 g/mol. The van der Waals surface area contributed by atoms with Crippen molar-refractivity contribution in [2.75, 3.05) is 23.7 Å². The maximum atomic E-state index is 12.0. The Kier molecular flexibility index (Phi) is 12.5. The Labute approximate surface area is 294 Å². The monoisotopic (exact) mass is 680 g/mol. The van der Waals surface area contributed by atoms with Crippen molar-refractivity contribution in [2.45, 2.75) is 77.0 Å². The number of allylic oxidation sites excluding steroid dienone is 4. The molecular formula is C33H42N2NaO8PS. The molecule has 0 bridgehead atoms. The van der Waals surface area contributed by atoms with Gasteiger partial charge in [0.15, 0.2) is 13.3 Å². The third-order valence-corrected chi connectivity index (χ3v) is 10.5. The third kappa shape index (κ3) is 8.68. The Bertz CT molecular complexity index is 1710. The first-order valence-corrected chi connectivity index (χ1v) is 18.3. The summed E-state index contributed by atoms with van der Waals surface area (Å²) < 4.78 is 47.6. The van der Waals surface area contributed by atoms with Crippen molar-refractivity contribution in [1.82, 2.24) is 0 Å². The number of hydrogen-bond acceptors (Lipinski definition) is 7. The summed E-state index contributed by atoms with van der Waals surface area (Å²) in [6.07, 6.45) is 8.96. The van der Waals surface area contributed by atoms with Crippen LogP contribution in [0.1, 0.15) is 77.3 Å². The fourth-order valence-corrected chi connectivity index (χ4v) is 7.58. The summed E-state index contributed by atoms with van der Waals surface area (Å²) in [6, 6.07) is 12.7. The van der Waals surface area contributed by atoms with Crippen molar-refractivity contribution in [3.63, 3.8) is 0 Å². The van der Waals surface area contributed by atoms with Crippen LogP contribution in [0.25, 0.3) is 0 Å². The Morgan fingerprint density at radius 2 is 1.70 bits per heavy atom. The van der Waals surface area contributed by atoms with E-state index in [2.05, 4.69) is 29.4 Å². The van der Waals surface area contributed by atoms with E-state index in [9.17, 15) is 32.1 Å². The molecule has 10 nitrogen and oxygen atoms in total. The predicted octanol–water partition coefficient (Wildman–Crippen LogP) is 1.45. The van der Waals surface area contributed by atoms with Crippen LogP contribution in [-0.2, 0) is 30.3 Å².